The number of nitrogens with one attached hydrogen (secondary N) is 3. The minimum absolute atomic E-state index is 0.138. The Bertz CT molecular complexity index is 727. The van der Waals surface area contributed by atoms with E-state index in [-0.39, 0.29) is 11.9 Å². The zero-order valence-corrected chi connectivity index (χ0v) is 14.1. The van der Waals surface area contributed by atoms with Gasteiger partial charge in [-0.2, -0.15) is 0 Å². The Morgan fingerprint density at radius 3 is 2.26 bits per heavy atom. The molecule has 0 heterocycles. The molecule has 6 heteroatoms. The highest BCUT2D eigenvalue weighted by Crippen LogP contribution is 2.14. The lowest BCUT2D eigenvalue weighted by molar-refractivity contribution is -0.114. The van der Waals surface area contributed by atoms with Crippen molar-refractivity contribution in [1.82, 2.24) is 5.32 Å². The van der Waals surface area contributed by atoms with Crippen molar-refractivity contribution in [1.29, 1.82) is 0 Å². The number of halogens is 1. The minimum Gasteiger partial charge on any atom is -0.326 e. The van der Waals surface area contributed by atoms with Gasteiger partial charge in [0.2, 0.25) is 5.91 Å². The molecule has 2 rings (SSSR count). The van der Waals surface area contributed by atoms with E-state index in [1.54, 1.807) is 36.5 Å². The van der Waals surface area contributed by atoms with Gasteiger partial charge in [0.05, 0.1) is 0 Å². The van der Waals surface area contributed by atoms with Gasteiger partial charge in [-0.1, -0.05) is 28.1 Å². The summed E-state index contributed by atoms with van der Waals surface area (Å²) >= 11 is 3.39. The maximum absolute atomic E-state index is 11.8. The molecule has 0 atom stereocenters. The molecule has 0 bridgehead atoms. The SMILES string of the molecule is CC(=O)Nc1ccc(NC(=O)N/C=C/c2cccc(Br)c2)cc1. The summed E-state index contributed by atoms with van der Waals surface area (Å²) in [7, 11) is 0. The van der Waals surface area contributed by atoms with Gasteiger partial charge in [-0.25, -0.2) is 4.79 Å². The zero-order valence-electron chi connectivity index (χ0n) is 12.5. The van der Waals surface area contributed by atoms with Gasteiger partial charge in [0.1, 0.15) is 0 Å². The summed E-state index contributed by atoms with van der Waals surface area (Å²) in [5.41, 5.74) is 2.28. The molecule has 0 saturated heterocycles. The molecule has 0 radical (unpaired) electrons. The fourth-order valence-electron chi connectivity index (χ4n) is 1.83. The van der Waals surface area contributed by atoms with Crippen LogP contribution in [-0.4, -0.2) is 11.9 Å². The number of rotatable bonds is 4. The van der Waals surface area contributed by atoms with Gasteiger partial charge in [0.15, 0.2) is 0 Å². The van der Waals surface area contributed by atoms with E-state index < -0.39 is 0 Å². The van der Waals surface area contributed by atoms with Gasteiger partial charge < -0.3 is 16.0 Å². The molecule has 0 unspecified atom stereocenters. The molecule has 0 aliphatic carbocycles. The van der Waals surface area contributed by atoms with E-state index in [1.807, 2.05) is 24.3 Å². The quantitative estimate of drug-likeness (QED) is 0.751. The van der Waals surface area contributed by atoms with Crippen molar-refractivity contribution in [3.63, 3.8) is 0 Å². The first kappa shape index (κ1) is 16.8. The second-order valence-electron chi connectivity index (χ2n) is 4.75. The number of amides is 3. The summed E-state index contributed by atoms with van der Waals surface area (Å²) in [4.78, 5) is 22.7. The van der Waals surface area contributed by atoms with Gasteiger partial charge >= 0.3 is 6.03 Å². The van der Waals surface area contributed by atoms with Crippen LogP contribution in [0.4, 0.5) is 16.2 Å². The van der Waals surface area contributed by atoms with E-state index in [1.165, 1.54) is 6.92 Å². The van der Waals surface area contributed by atoms with Crippen molar-refractivity contribution in [3.05, 3.63) is 64.8 Å². The van der Waals surface area contributed by atoms with E-state index >= 15 is 0 Å². The van der Waals surface area contributed by atoms with E-state index in [4.69, 9.17) is 0 Å². The van der Waals surface area contributed by atoms with Gasteiger partial charge in [-0.3, -0.25) is 4.79 Å². The van der Waals surface area contributed by atoms with Crippen LogP contribution in [-0.2, 0) is 4.79 Å². The molecule has 0 aromatic heterocycles. The number of carbonyl (C=O) groups excluding carboxylic acids is 2. The molecule has 2 aromatic rings. The second-order valence-corrected chi connectivity index (χ2v) is 5.66. The van der Waals surface area contributed by atoms with Gasteiger partial charge in [-0.15, -0.1) is 0 Å². The number of benzene rings is 2. The summed E-state index contributed by atoms with van der Waals surface area (Å²) in [5, 5.41) is 7.99. The Balaban J connectivity index is 1.86. The van der Waals surface area contributed by atoms with Gasteiger partial charge in [0.25, 0.3) is 0 Å². The lowest BCUT2D eigenvalue weighted by atomic mass is 10.2. The fraction of sp³-hybridized carbons (Fsp3) is 0.0588. The van der Waals surface area contributed by atoms with Crippen molar-refractivity contribution in [2.75, 3.05) is 10.6 Å². The monoisotopic (exact) mass is 373 g/mol. The fourth-order valence-corrected chi connectivity index (χ4v) is 2.25. The van der Waals surface area contributed by atoms with Crippen LogP contribution in [0.1, 0.15) is 12.5 Å². The Labute approximate surface area is 142 Å². The minimum atomic E-state index is -0.344. The second kappa shape index (κ2) is 8.14. The van der Waals surface area contributed by atoms with Crippen LogP contribution in [0.5, 0.6) is 0 Å². The van der Waals surface area contributed by atoms with Crippen molar-refractivity contribution >= 4 is 45.3 Å². The number of hydrogen-bond donors (Lipinski definition) is 3. The number of anilines is 2. The number of hydrogen-bond acceptors (Lipinski definition) is 2. The maximum Gasteiger partial charge on any atom is 0.323 e. The zero-order chi connectivity index (χ0) is 16.7. The summed E-state index contributed by atoms with van der Waals surface area (Å²) in [6, 6.07) is 14.2. The molecular formula is C17H16BrN3O2. The number of urea groups is 1. The predicted octanol–water partition coefficient (Wildman–Crippen LogP) is 4.20. The highest BCUT2D eigenvalue weighted by atomic mass is 79.9. The predicted molar refractivity (Wildman–Crippen MR) is 96.1 cm³/mol. The molecule has 0 aliphatic heterocycles. The molecule has 0 fully saturated rings. The molecule has 3 N–H and O–H groups in total. The van der Waals surface area contributed by atoms with Crippen molar-refractivity contribution in [2.45, 2.75) is 6.92 Å². The molecule has 0 saturated carbocycles. The first-order chi connectivity index (χ1) is 11.0. The Morgan fingerprint density at radius 1 is 1.00 bits per heavy atom. The largest absolute Gasteiger partial charge is 0.326 e. The van der Waals surface area contributed by atoms with Crippen LogP contribution >= 0.6 is 15.9 Å². The summed E-state index contributed by atoms with van der Waals surface area (Å²) in [5.74, 6) is -0.138. The average Bonchev–Trinajstić information content (AvgIpc) is 2.49. The van der Waals surface area contributed by atoms with Crippen LogP contribution in [0, 0.1) is 0 Å². The first-order valence-electron chi connectivity index (χ1n) is 6.90. The summed E-state index contributed by atoms with van der Waals surface area (Å²) in [6.07, 6.45) is 3.37. The van der Waals surface area contributed by atoms with Gasteiger partial charge in [-0.05, 0) is 48.0 Å². The molecule has 0 spiro atoms. The normalized spacial score (nSPS) is 10.3. The Kier molecular flexibility index (Phi) is 5.94. The molecule has 2 aromatic carbocycles. The van der Waals surface area contributed by atoms with E-state index in [0.29, 0.717) is 11.4 Å². The molecule has 5 nitrogen and oxygen atoms in total. The van der Waals surface area contributed by atoms with Crippen LogP contribution in [0.15, 0.2) is 59.2 Å². The van der Waals surface area contributed by atoms with Crippen LogP contribution < -0.4 is 16.0 Å². The van der Waals surface area contributed by atoms with E-state index in [9.17, 15) is 9.59 Å². The molecular weight excluding hydrogens is 358 g/mol. The maximum atomic E-state index is 11.8. The highest BCUT2D eigenvalue weighted by Gasteiger charge is 2.00. The smallest absolute Gasteiger partial charge is 0.323 e. The third-order valence-electron chi connectivity index (χ3n) is 2.80. The Hall–Kier alpha value is -2.60. The van der Waals surface area contributed by atoms with Crippen molar-refractivity contribution in [2.24, 2.45) is 0 Å². The van der Waals surface area contributed by atoms with Crippen molar-refractivity contribution in [3.8, 4) is 0 Å². The standard InChI is InChI=1S/C17H16BrN3O2/c1-12(22)20-15-5-7-16(8-6-15)21-17(23)19-10-9-13-3-2-4-14(18)11-13/h2-11H,1H3,(H,20,22)(H2,19,21,23)/b10-9+. The third-order valence-corrected chi connectivity index (χ3v) is 3.30. The van der Waals surface area contributed by atoms with Crippen LogP contribution in [0.2, 0.25) is 0 Å². The highest BCUT2D eigenvalue weighted by molar-refractivity contribution is 9.10. The molecule has 23 heavy (non-hydrogen) atoms. The average molecular weight is 374 g/mol. The van der Waals surface area contributed by atoms with E-state index in [2.05, 4.69) is 31.9 Å². The molecule has 3 amide bonds. The third kappa shape index (κ3) is 5.96. The lowest BCUT2D eigenvalue weighted by Gasteiger charge is -2.06. The van der Waals surface area contributed by atoms with Crippen LogP contribution in [0.25, 0.3) is 6.08 Å². The topological polar surface area (TPSA) is 70.2 Å². The molecule has 0 aliphatic rings. The lowest BCUT2D eigenvalue weighted by Crippen LogP contribution is -2.23. The first-order valence-corrected chi connectivity index (χ1v) is 7.69. The van der Waals surface area contributed by atoms with Gasteiger partial charge in [0, 0.05) is 29.0 Å². The Morgan fingerprint density at radius 2 is 1.65 bits per heavy atom. The van der Waals surface area contributed by atoms with Crippen molar-refractivity contribution < 1.29 is 9.59 Å². The molecule has 118 valence electrons. The summed E-state index contributed by atoms with van der Waals surface area (Å²) in [6.45, 7) is 1.44. The summed E-state index contributed by atoms with van der Waals surface area (Å²) < 4.78 is 0.975. The van der Waals surface area contributed by atoms with E-state index in [0.717, 1.165) is 10.0 Å². The van der Waals surface area contributed by atoms with Crippen LogP contribution in [0.3, 0.4) is 0 Å². The number of carbonyl (C=O) groups is 2.